The maximum Gasteiger partial charge on any atom is 0.219 e. The molecule has 2 aromatic carbocycles. The molecule has 0 spiro atoms. The molecular formula is C18H16N2O. The van der Waals surface area contributed by atoms with Crippen LogP contribution >= 0.6 is 0 Å². The molecule has 0 aliphatic heterocycles. The molecule has 2 N–H and O–H groups in total. The first-order chi connectivity index (χ1) is 10.3. The summed E-state index contributed by atoms with van der Waals surface area (Å²) in [5.74, 6) is 1.33. The molecule has 21 heavy (non-hydrogen) atoms. The Balaban J connectivity index is 1.75. The second-order valence-electron chi connectivity index (χ2n) is 4.73. The average molecular weight is 276 g/mol. The van der Waals surface area contributed by atoms with E-state index in [-0.39, 0.29) is 6.04 Å². The van der Waals surface area contributed by atoms with E-state index in [1.54, 1.807) is 6.20 Å². The lowest BCUT2D eigenvalue weighted by Gasteiger charge is -2.12. The number of ether oxygens (including phenoxy) is 1. The molecule has 0 bridgehead atoms. The quantitative estimate of drug-likeness (QED) is 0.785. The second kappa shape index (κ2) is 6.20. The largest absolute Gasteiger partial charge is 0.439 e. The molecule has 3 heteroatoms. The van der Waals surface area contributed by atoms with E-state index in [2.05, 4.69) is 4.98 Å². The number of aromatic nitrogens is 1. The number of benzene rings is 2. The molecule has 1 heterocycles. The summed E-state index contributed by atoms with van der Waals surface area (Å²) in [7, 11) is 0. The van der Waals surface area contributed by atoms with Crippen molar-refractivity contribution in [3.05, 3.63) is 90.1 Å². The van der Waals surface area contributed by atoms with E-state index in [4.69, 9.17) is 10.5 Å². The molecule has 0 radical (unpaired) electrons. The predicted octanol–water partition coefficient (Wildman–Crippen LogP) is 3.92. The third kappa shape index (κ3) is 3.27. The van der Waals surface area contributed by atoms with E-state index in [0.29, 0.717) is 5.88 Å². The first kappa shape index (κ1) is 13.3. The Hall–Kier alpha value is -2.65. The van der Waals surface area contributed by atoms with Crippen molar-refractivity contribution >= 4 is 0 Å². The van der Waals surface area contributed by atoms with E-state index >= 15 is 0 Å². The van der Waals surface area contributed by atoms with Crippen LogP contribution in [0.15, 0.2) is 79.0 Å². The molecule has 0 fully saturated rings. The van der Waals surface area contributed by atoms with Crippen molar-refractivity contribution in [2.75, 3.05) is 0 Å². The maximum absolute atomic E-state index is 6.24. The van der Waals surface area contributed by atoms with Crippen molar-refractivity contribution < 1.29 is 4.74 Å². The molecule has 0 saturated carbocycles. The maximum atomic E-state index is 6.24. The third-order valence-electron chi connectivity index (χ3n) is 3.24. The molecule has 1 atom stereocenters. The number of nitrogens with two attached hydrogens (primary N) is 1. The van der Waals surface area contributed by atoms with Gasteiger partial charge in [-0.2, -0.15) is 0 Å². The normalized spacial score (nSPS) is 11.9. The van der Waals surface area contributed by atoms with Gasteiger partial charge in [-0.05, 0) is 23.3 Å². The number of nitrogens with zero attached hydrogens (tertiary/aromatic N) is 1. The Bertz CT molecular complexity index is 681. The lowest BCUT2D eigenvalue weighted by Crippen LogP contribution is -2.11. The highest BCUT2D eigenvalue weighted by molar-refractivity contribution is 5.32. The molecule has 104 valence electrons. The van der Waals surface area contributed by atoms with E-state index in [1.165, 1.54) is 0 Å². The van der Waals surface area contributed by atoms with E-state index in [9.17, 15) is 0 Å². The lowest BCUT2D eigenvalue weighted by molar-refractivity contribution is 0.462. The Morgan fingerprint density at radius 2 is 1.43 bits per heavy atom. The fourth-order valence-corrected chi connectivity index (χ4v) is 2.10. The predicted molar refractivity (Wildman–Crippen MR) is 83.2 cm³/mol. The minimum atomic E-state index is -0.176. The van der Waals surface area contributed by atoms with Crippen LogP contribution in [-0.2, 0) is 0 Å². The molecule has 0 aliphatic carbocycles. The van der Waals surface area contributed by atoms with E-state index in [1.807, 2.05) is 72.8 Å². The fraction of sp³-hybridized carbons (Fsp3) is 0.0556. The van der Waals surface area contributed by atoms with E-state index < -0.39 is 0 Å². The van der Waals surface area contributed by atoms with Gasteiger partial charge in [-0.25, -0.2) is 4.98 Å². The zero-order valence-electron chi connectivity index (χ0n) is 11.5. The third-order valence-corrected chi connectivity index (χ3v) is 3.24. The van der Waals surface area contributed by atoms with Crippen LogP contribution in [0.4, 0.5) is 0 Å². The highest BCUT2D eigenvalue weighted by Crippen LogP contribution is 2.22. The van der Waals surface area contributed by atoms with Crippen molar-refractivity contribution in [3.63, 3.8) is 0 Å². The molecule has 0 unspecified atom stereocenters. The number of pyridine rings is 1. The van der Waals surface area contributed by atoms with Gasteiger partial charge in [0.15, 0.2) is 0 Å². The van der Waals surface area contributed by atoms with Crippen LogP contribution in [0.5, 0.6) is 11.6 Å². The minimum absolute atomic E-state index is 0.176. The Kier molecular flexibility index (Phi) is 3.94. The molecule has 1 aromatic heterocycles. The average Bonchev–Trinajstić information content (AvgIpc) is 2.57. The molecule has 3 rings (SSSR count). The Morgan fingerprint density at radius 1 is 0.762 bits per heavy atom. The van der Waals surface area contributed by atoms with Crippen molar-refractivity contribution in [2.45, 2.75) is 6.04 Å². The van der Waals surface area contributed by atoms with Crippen LogP contribution in [0.1, 0.15) is 17.2 Å². The SMILES string of the molecule is N[C@H](c1ccccc1)c1ccc(Oc2ccccc2)nc1. The highest BCUT2D eigenvalue weighted by Gasteiger charge is 2.09. The standard InChI is InChI=1S/C18H16N2O/c19-18(14-7-3-1-4-8-14)15-11-12-17(20-13-15)21-16-9-5-2-6-10-16/h1-13,18H,19H2/t18-/m1/s1. The minimum Gasteiger partial charge on any atom is -0.439 e. The van der Waals surface area contributed by atoms with Crippen molar-refractivity contribution in [1.29, 1.82) is 0 Å². The summed E-state index contributed by atoms with van der Waals surface area (Å²) in [4.78, 5) is 4.32. The van der Waals surface area contributed by atoms with Crippen LogP contribution in [0.25, 0.3) is 0 Å². The molecule has 3 aromatic rings. The zero-order valence-corrected chi connectivity index (χ0v) is 11.5. The number of para-hydroxylation sites is 1. The second-order valence-corrected chi connectivity index (χ2v) is 4.73. The number of hydrogen-bond donors (Lipinski definition) is 1. The van der Waals surface area contributed by atoms with Crippen molar-refractivity contribution in [1.82, 2.24) is 4.98 Å². The van der Waals surface area contributed by atoms with Gasteiger partial charge in [-0.3, -0.25) is 0 Å². The van der Waals surface area contributed by atoms with Crippen LogP contribution in [-0.4, -0.2) is 4.98 Å². The topological polar surface area (TPSA) is 48.1 Å². The summed E-state index contributed by atoms with van der Waals surface area (Å²) in [6.07, 6.45) is 1.76. The van der Waals surface area contributed by atoms with Gasteiger partial charge in [0.2, 0.25) is 5.88 Å². The van der Waals surface area contributed by atoms with Gasteiger partial charge < -0.3 is 10.5 Å². The molecule has 3 nitrogen and oxygen atoms in total. The van der Waals surface area contributed by atoms with Gasteiger partial charge in [0.1, 0.15) is 5.75 Å². The van der Waals surface area contributed by atoms with Gasteiger partial charge in [-0.15, -0.1) is 0 Å². The van der Waals surface area contributed by atoms with Crippen LogP contribution in [0, 0.1) is 0 Å². The van der Waals surface area contributed by atoms with Crippen LogP contribution in [0.2, 0.25) is 0 Å². The molecular weight excluding hydrogens is 260 g/mol. The smallest absolute Gasteiger partial charge is 0.219 e. The van der Waals surface area contributed by atoms with Crippen LogP contribution < -0.4 is 10.5 Å². The summed E-state index contributed by atoms with van der Waals surface area (Å²) in [6.45, 7) is 0. The fourth-order valence-electron chi connectivity index (χ4n) is 2.10. The van der Waals surface area contributed by atoms with Crippen molar-refractivity contribution in [3.8, 4) is 11.6 Å². The number of rotatable bonds is 4. The van der Waals surface area contributed by atoms with Crippen molar-refractivity contribution in [2.24, 2.45) is 5.73 Å². The molecule has 0 amide bonds. The van der Waals surface area contributed by atoms with Crippen LogP contribution in [0.3, 0.4) is 0 Å². The summed E-state index contributed by atoms with van der Waals surface area (Å²) in [5.41, 5.74) is 8.26. The van der Waals surface area contributed by atoms with Gasteiger partial charge >= 0.3 is 0 Å². The summed E-state index contributed by atoms with van der Waals surface area (Å²) < 4.78 is 5.67. The van der Waals surface area contributed by atoms with Gasteiger partial charge in [-0.1, -0.05) is 54.6 Å². The summed E-state index contributed by atoms with van der Waals surface area (Å²) in [5, 5.41) is 0. The summed E-state index contributed by atoms with van der Waals surface area (Å²) in [6, 6.07) is 23.2. The zero-order chi connectivity index (χ0) is 14.5. The monoisotopic (exact) mass is 276 g/mol. The van der Waals surface area contributed by atoms with Gasteiger partial charge in [0, 0.05) is 12.3 Å². The Morgan fingerprint density at radius 3 is 2.05 bits per heavy atom. The Labute approximate surface area is 124 Å². The van der Waals surface area contributed by atoms with E-state index in [0.717, 1.165) is 16.9 Å². The molecule has 0 aliphatic rings. The van der Waals surface area contributed by atoms with Gasteiger partial charge in [0.25, 0.3) is 0 Å². The first-order valence-electron chi connectivity index (χ1n) is 6.82. The van der Waals surface area contributed by atoms with Gasteiger partial charge in [0.05, 0.1) is 6.04 Å². The highest BCUT2D eigenvalue weighted by atomic mass is 16.5. The summed E-state index contributed by atoms with van der Waals surface area (Å²) >= 11 is 0. The lowest BCUT2D eigenvalue weighted by atomic mass is 10.0. The first-order valence-corrected chi connectivity index (χ1v) is 6.82. The molecule has 0 saturated heterocycles. The number of hydrogen-bond acceptors (Lipinski definition) is 3.